The van der Waals surface area contributed by atoms with Gasteiger partial charge in [0.25, 0.3) is 5.91 Å². The Hall–Kier alpha value is -3.88. The molecule has 3 heterocycles. The van der Waals surface area contributed by atoms with Crippen molar-refractivity contribution in [2.45, 2.75) is 32.3 Å². The summed E-state index contributed by atoms with van der Waals surface area (Å²) in [5.41, 5.74) is 4.89. The van der Waals surface area contributed by atoms with Crippen molar-refractivity contribution in [2.24, 2.45) is 7.05 Å². The van der Waals surface area contributed by atoms with Crippen LogP contribution in [0.25, 0.3) is 22.2 Å². The highest BCUT2D eigenvalue weighted by atomic mass is 16.5. The van der Waals surface area contributed by atoms with Crippen molar-refractivity contribution in [3.05, 3.63) is 47.9 Å². The number of rotatable bonds is 6. The van der Waals surface area contributed by atoms with Crippen LogP contribution in [0.3, 0.4) is 0 Å². The maximum atomic E-state index is 11.9. The average molecular weight is 432 g/mol. The Balaban J connectivity index is 1.56. The van der Waals surface area contributed by atoms with E-state index in [2.05, 4.69) is 25.7 Å². The molecular formula is C23H25N7O2. The van der Waals surface area contributed by atoms with E-state index >= 15 is 0 Å². The summed E-state index contributed by atoms with van der Waals surface area (Å²) in [5.74, 6) is 0.885. The number of ether oxygens (including phenoxy) is 1. The number of H-pyrrole nitrogens is 1. The number of carbonyl (C=O) groups excluding carboxylic acids is 1. The van der Waals surface area contributed by atoms with Crippen molar-refractivity contribution in [1.29, 1.82) is 0 Å². The van der Waals surface area contributed by atoms with Gasteiger partial charge >= 0.3 is 0 Å². The number of carbonyl (C=O) groups is 1. The van der Waals surface area contributed by atoms with Gasteiger partial charge in [-0.25, -0.2) is 0 Å². The van der Waals surface area contributed by atoms with E-state index in [0.29, 0.717) is 23.0 Å². The highest BCUT2D eigenvalue weighted by molar-refractivity contribution is 5.99. The van der Waals surface area contributed by atoms with Gasteiger partial charge in [0, 0.05) is 37.6 Å². The lowest BCUT2D eigenvalue weighted by Gasteiger charge is -2.26. The monoisotopic (exact) mass is 431 g/mol. The molecule has 1 aromatic carbocycles. The van der Waals surface area contributed by atoms with E-state index in [4.69, 9.17) is 9.72 Å². The Morgan fingerprint density at radius 2 is 2.00 bits per heavy atom. The second-order valence-corrected chi connectivity index (χ2v) is 8.03. The van der Waals surface area contributed by atoms with Gasteiger partial charge in [-0.05, 0) is 43.9 Å². The lowest BCUT2D eigenvalue weighted by molar-refractivity contribution is 0.0963. The first-order valence-corrected chi connectivity index (χ1v) is 10.7. The van der Waals surface area contributed by atoms with E-state index in [0.717, 1.165) is 40.7 Å². The molecule has 0 radical (unpaired) electrons. The van der Waals surface area contributed by atoms with Crippen LogP contribution in [0.15, 0.2) is 36.7 Å². The Labute approximate surface area is 185 Å². The molecule has 3 aromatic heterocycles. The maximum Gasteiger partial charge on any atom is 0.251 e. The normalized spacial score (nSPS) is 13.7. The van der Waals surface area contributed by atoms with Crippen LogP contribution >= 0.6 is 0 Å². The van der Waals surface area contributed by atoms with E-state index in [1.54, 1.807) is 23.9 Å². The predicted molar refractivity (Wildman–Crippen MR) is 122 cm³/mol. The molecule has 5 rings (SSSR count). The van der Waals surface area contributed by atoms with Crippen LogP contribution in [-0.2, 0) is 7.05 Å². The van der Waals surface area contributed by atoms with Crippen molar-refractivity contribution in [3.8, 4) is 17.0 Å². The SMILES string of the molecule is CNC(=O)c1ccc(-c2c[nH]c3nc(Nc4cn(C)nc4C)nc(OC4CCC4)c23)cc1. The summed E-state index contributed by atoms with van der Waals surface area (Å²) in [5, 5.41) is 11.1. The quantitative estimate of drug-likeness (QED) is 0.429. The molecule has 0 unspecified atom stereocenters. The van der Waals surface area contributed by atoms with Crippen molar-refractivity contribution in [3.63, 3.8) is 0 Å². The summed E-state index contributed by atoms with van der Waals surface area (Å²) in [4.78, 5) is 24.5. The van der Waals surface area contributed by atoms with E-state index < -0.39 is 0 Å². The average Bonchev–Trinajstić information content (AvgIpc) is 3.32. The third-order valence-corrected chi connectivity index (χ3v) is 5.77. The lowest BCUT2D eigenvalue weighted by atomic mass is 9.96. The van der Waals surface area contributed by atoms with Gasteiger partial charge in [-0.2, -0.15) is 15.1 Å². The molecule has 1 amide bonds. The van der Waals surface area contributed by atoms with E-state index in [1.807, 2.05) is 38.5 Å². The Morgan fingerprint density at radius 1 is 1.22 bits per heavy atom. The molecule has 1 fully saturated rings. The molecule has 164 valence electrons. The first-order chi connectivity index (χ1) is 15.5. The highest BCUT2D eigenvalue weighted by Crippen LogP contribution is 2.37. The van der Waals surface area contributed by atoms with Crippen LogP contribution in [-0.4, -0.2) is 43.8 Å². The minimum atomic E-state index is -0.116. The Kier molecular flexibility index (Phi) is 5.01. The van der Waals surface area contributed by atoms with Crippen molar-refractivity contribution in [1.82, 2.24) is 30.0 Å². The molecular weight excluding hydrogens is 406 g/mol. The lowest BCUT2D eigenvalue weighted by Crippen LogP contribution is -2.25. The predicted octanol–water partition coefficient (Wildman–Crippen LogP) is 3.70. The molecule has 3 N–H and O–H groups in total. The third-order valence-electron chi connectivity index (χ3n) is 5.77. The topological polar surface area (TPSA) is 110 Å². The first kappa shape index (κ1) is 20.0. The molecule has 1 aliphatic rings. The first-order valence-electron chi connectivity index (χ1n) is 10.7. The number of nitrogens with one attached hydrogen (secondary N) is 3. The van der Waals surface area contributed by atoms with Gasteiger partial charge in [0.2, 0.25) is 11.8 Å². The Bertz CT molecular complexity index is 1290. The number of nitrogens with zero attached hydrogens (tertiary/aromatic N) is 4. The van der Waals surface area contributed by atoms with Gasteiger partial charge in [-0.15, -0.1) is 0 Å². The summed E-state index contributed by atoms with van der Waals surface area (Å²) < 4.78 is 8.03. The van der Waals surface area contributed by atoms with Gasteiger partial charge in [0.15, 0.2) is 0 Å². The van der Waals surface area contributed by atoms with Crippen LogP contribution in [0.1, 0.15) is 35.3 Å². The van der Waals surface area contributed by atoms with E-state index in [-0.39, 0.29) is 12.0 Å². The standard InChI is InChI=1S/C23H25N7O2/c1-13-18(12-30(3)29-13)26-23-27-20-19(22(28-23)32-16-5-4-6-16)17(11-25-20)14-7-9-15(10-8-14)21(31)24-2/h7-12,16H,4-6H2,1-3H3,(H,24,31)(H2,25,26,27,28). The number of amides is 1. The number of aryl methyl sites for hydroxylation is 2. The number of aromatic amines is 1. The fraction of sp³-hybridized carbons (Fsp3) is 0.304. The van der Waals surface area contributed by atoms with Crippen LogP contribution in [0.5, 0.6) is 5.88 Å². The molecule has 9 heteroatoms. The zero-order chi connectivity index (χ0) is 22.2. The third kappa shape index (κ3) is 3.66. The summed E-state index contributed by atoms with van der Waals surface area (Å²) in [7, 11) is 3.50. The number of benzene rings is 1. The molecule has 0 atom stereocenters. The summed E-state index contributed by atoms with van der Waals surface area (Å²) in [6, 6.07) is 7.46. The van der Waals surface area contributed by atoms with Gasteiger partial charge in [0.05, 0.1) is 16.8 Å². The van der Waals surface area contributed by atoms with Gasteiger partial charge in [0.1, 0.15) is 11.8 Å². The van der Waals surface area contributed by atoms with Crippen LogP contribution < -0.4 is 15.4 Å². The van der Waals surface area contributed by atoms with Crippen molar-refractivity contribution in [2.75, 3.05) is 12.4 Å². The molecule has 1 saturated carbocycles. The number of anilines is 2. The van der Waals surface area contributed by atoms with E-state index in [9.17, 15) is 4.79 Å². The van der Waals surface area contributed by atoms with Crippen molar-refractivity contribution < 1.29 is 9.53 Å². The molecule has 0 saturated heterocycles. The summed E-state index contributed by atoms with van der Waals surface area (Å²) >= 11 is 0. The zero-order valence-electron chi connectivity index (χ0n) is 18.3. The van der Waals surface area contributed by atoms with Gasteiger partial charge in [-0.3, -0.25) is 9.48 Å². The fourth-order valence-electron chi connectivity index (χ4n) is 3.80. The smallest absolute Gasteiger partial charge is 0.251 e. The van der Waals surface area contributed by atoms with Crippen LogP contribution in [0, 0.1) is 6.92 Å². The van der Waals surface area contributed by atoms with Gasteiger partial charge in [-0.1, -0.05) is 12.1 Å². The Morgan fingerprint density at radius 3 is 2.62 bits per heavy atom. The number of hydrogen-bond acceptors (Lipinski definition) is 6. The summed E-state index contributed by atoms with van der Waals surface area (Å²) in [6.07, 6.45) is 7.18. The van der Waals surface area contributed by atoms with Crippen LogP contribution in [0.2, 0.25) is 0 Å². The minimum absolute atomic E-state index is 0.116. The van der Waals surface area contributed by atoms with Crippen molar-refractivity contribution >= 4 is 28.6 Å². The number of hydrogen-bond donors (Lipinski definition) is 3. The minimum Gasteiger partial charge on any atom is -0.474 e. The van der Waals surface area contributed by atoms with Gasteiger partial charge < -0.3 is 20.4 Å². The maximum absolute atomic E-state index is 11.9. The molecule has 4 aromatic rings. The number of aromatic nitrogens is 5. The summed E-state index contributed by atoms with van der Waals surface area (Å²) in [6.45, 7) is 1.93. The van der Waals surface area contributed by atoms with E-state index in [1.165, 1.54) is 6.42 Å². The fourth-order valence-corrected chi connectivity index (χ4v) is 3.80. The zero-order valence-corrected chi connectivity index (χ0v) is 18.3. The molecule has 32 heavy (non-hydrogen) atoms. The molecule has 0 spiro atoms. The molecule has 9 nitrogen and oxygen atoms in total. The molecule has 0 aliphatic heterocycles. The molecule has 0 bridgehead atoms. The van der Waals surface area contributed by atoms with Crippen LogP contribution in [0.4, 0.5) is 11.6 Å². The molecule has 1 aliphatic carbocycles. The second kappa shape index (κ2) is 7.99. The number of fused-ring (bicyclic) bond motifs is 1. The second-order valence-electron chi connectivity index (χ2n) is 8.03. The largest absolute Gasteiger partial charge is 0.474 e. The highest BCUT2D eigenvalue weighted by Gasteiger charge is 2.24.